The lowest BCUT2D eigenvalue weighted by Gasteiger charge is -2.24. The Morgan fingerprint density at radius 2 is 1.67 bits per heavy atom. The molecular weight excluding hydrogens is 427 g/mol. The number of amides is 2. The predicted molar refractivity (Wildman–Crippen MR) is 118 cm³/mol. The summed E-state index contributed by atoms with van der Waals surface area (Å²) in [7, 11) is 0. The molecule has 7 nitrogen and oxygen atoms in total. The van der Waals surface area contributed by atoms with E-state index in [1.807, 2.05) is 30.3 Å². The normalized spacial score (nSPS) is 30.7. The summed E-state index contributed by atoms with van der Waals surface area (Å²) in [6.07, 6.45) is 1.97. The van der Waals surface area contributed by atoms with E-state index in [0.717, 1.165) is 24.8 Å². The average Bonchev–Trinajstić information content (AvgIpc) is 3.54. The molecule has 33 heavy (non-hydrogen) atoms. The zero-order valence-electron chi connectivity index (χ0n) is 18.3. The highest BCUT2D eigenvalue weighted by Crippen LogP contribution is 2.30. The lowest BCUT2D eigenvalue weighted by Crippen LogP contribution is -2.52. The largest absolute Gasteiger partial charge is 0.485 e. The third kappa shape index (κ3) is 5.29. The van der Waals surface area contributed by atoms with Crippen molar-refractivity contribution in [2.45, 2.75) is 62.4 Å². The molecule has 6 atom stereocenters. The van der Waals surface area contributed by atoms with E-state index in [2.05, 4.69) is 10.6 Å². The highest BCUT2D eigenvalue weighted by molar-refractivity contribution is 5.74. The summed E-state index contributed by atoms with van der Waals surface area (Å²) in [5, 5.41) is 6.08. The van der Waals surface area contributed by atoms with Crippen molar-refractivity contribution in [2.75, 3.05) is 13.2 Å². The number of hydrogen-bond donors (Lipinski definition) is 2. The van der Waals surface area contributed by atoms with Crippen LogP contribution in [-0.2, 0) is 20.8 Å². The number of carbonyl (C=O) groups excluding carboxylic acids is 1. The standard InChI is InChI=1S/C25H29FN2O5/c26-17-9-11-18(12-10-17)33-22-15-32-23-20(14-31-24(22)23)28-25(29)27-19-7-4-8-21(19)30-13-16-5-2-1-3-6-16/h1-3,5-6,9-12,19-24H,4,7-8,13-15H2,(H2,27,28,29)/t19-,20-,21-,22-,23+,24+/m0/s1. The molecule has 1 aliphatic carbocycles. The number of hydrogen-bond acceptors (Lipinski definition) is 5. The highest BCUT2D eigenvalue weighted by Gasteiger charge is 2.49. The first-order chi connectivity index (χ1) is 16.2. The van der Waals surface area contributed by atoms with Crippen LogP contribution in [0.3, 0.4) is 0 Å². The lowest BCUT2D eigenvalue weighted by molar-refractivity contribution is 0.0290. The molecule has 1 saturated carbocycles. The van der Waals surface area contributed by atoms with Crippen LogP contribution in [-0.4, -0.2) is 55.7 Å². The van der Waals surface area contributed by atoms with E-state index >= 15 is 0 Å². The van der Waals surface area contributed by atoms with Crippen molar-refractivity contribution in [3.63, 3.8) is 0 Å². The molecule has 2 aromatic carbocycles. The smallest absolute Gasteiger partial charge is 0.315 e. The van der Waals surface area contributed by atoms with Gasteiger partial charge in [-0.1, -0.05) is 30.3 Å². The summed E-state index contributed by atoms with van der Waals surface area (Å²) < 4.78 is 36.9. The van der Waals surface area contributed by atoms with Gasteiger partial charge in [-0.25, -0.2) is 9.18 Å². The Morgan fingerprint density at radius 3 is 2.48 bits per heavy atom. The number of carbonyl (C=O) groups is 1. The molecule has 0 spiro atoms. The molecule has 2 amide bonds. The quantitative estimate of drug-likeness (QED) is 0.669. The van der Waals surface area contributed by atoms with Crippen LogP contribution in [0.5, 0.6) is 5.75 Å². The van der Waals surface area contributed by atoms with Gasteiger partial charge in [-0.2, -0.15) is 0 Å². The average molecular weight is 457 g/mol. The molecule has 3 fully saturated rings. The van der Waals surface area contributed by atoms with Crippen molar-refractivity contribution in [2.24, 2.45) is 0 Å². The van der Waals surface area contributed by atoms with Crippen LogP contribution < -0.4 is 15.4 Å². The van der Waals surface area contributed by atoms with Crippen molar-refractivity contribution in [3.8, 4) is 5.75 Å². The summed E-state index contributed by atoms with van der Waals surface area (Å²) in [5.74, 6) is 0.247. The van der Waals surface area contributed by atoms with E-state index in [4.69, 9.17) is 18.9 Å². The molecule has 8 heteroatoms. The fourth-order valence-electron chi connectivity index (χ4n) is 4.82. The van der Waals surface area contributed by atoms with E-state index in [1.54, 1.807) is 12.1 Å². The second kappa shape index (κ2) is 10.1. The van der Waals surface area contributed by atoms with Crippen LogP contribution in [0.2, 0.25) is 0 Å². The maximum atomic E-state index is 13.1. The number of ether oxygens (including phenoxy) is 4. The van der Waals surface area contributed by atoms with Crippen LogP contribution in [0.4, 0.5) is 9.18 Å². The molecule has 5 rings (SSSR count). The Morgan fingerprint density at radius 1 is 0.909 bits per heavy atom. The Balaban J connectivity index is 1.10. The van der Waals surface area contributed by atoms with Gasteiger partial charge in [0.2, 0.25) is 0 Å². The van der Waals surface area contributed by atoms with Crippen molar-refractivity contribution >= 4 is 6.03 Å². The van der Waals surface area contributed by atoms with E-state index < -0.39 is 0 Å². The van der Waals surface area contributed by atoms with Gasteiger partial charge >= 0.3 is 6.03 Å². The molecule has 2 aromatic rings. The van der Waals surface area contributed by atoms with E-state index in [9.17, 15) is 9.18 Å². The molecule has 3 aliphatic rings. The van der Waals surface area contributed by atoms with Gasteiger partial charge in [-0.3, -0.25) is 0 Å². The molecule has 0 unspecified atom stereocenters. The van der Waals surface area contributed by atoms with Gasteiger partial charge in [0.25, 0.3) is 0 Å². The van der Waals surface area contributed by atoms with E-state index in [-0.39, 0.29) is 48.3 Å². The fraction of sp³-hybridized carbons (Fsp3) is 0.480. The fourth-order valence-corrected chi connectivity index (χ4v) is 4.82. The topological polar surface area (TPSA) is 78.1 Å². The first kappa shape index (κ1) is 22.1. The zero-order valence-corrected chi connectivity index (χ0v) is 18.3. The minimum atomic E-state index is -0.315. The summed E-state index contributed by atoms with van der Waals surface area (Å²) >= 11 is 0. The third-order valence-electron chi connectivity index (χ3n) is 6.50. The Labute approximate surface area is 192 Å². The number of nitrogens with one attached hydrogen (secondary N) is 2. The third-order valence-corrected chi connectivity index (χ3v) is 6.50. The van der Waals surface area contributed by atoms with Crippen molar-refractivity contribution < 1.29 is 28.1 Å². The Bertz CT molecular complexity index is 928. The summed E-state index contributed by atoms with van der Waals surface area (Å²) in [5.41, 5.74) is 1.12. The van der Waals surface area contributed by atoms with Crippen LogP contribution >= 0.6 is 0 Å². The van der Waals surface area contributed by atoms with Gasteiger partial charge in [0.05, 0.1) is 38.0 Å². The number of halogens is 1. The van der Waals surface area contributed by atoms with E-state index in [1.165, 1.54) is 12.1 Å². The highest BCUT2D eigenvalue weighted by atomic mass is 19.1. The summed E-state index contributed by atoms with van der Waals surface area (Å²) in [6.45, 7) is 1.24. The minimum Gasteiger partial charge on any atom is -0.485 e. The maximum absolute atomic E-state index is 13.1. The van der Waals surface area contributed by atoms with Crippen molar-refractivity contribution in [1.82, 2.24) is 10.6 Å². The van der Waals surface area contributed by atoms with Gasteiger partial charge in [0.1, 0.15) is 23.8 Å². The first-order valence-electron chi connectivity index (χ1n) is 11.5. The molecule has 0 bridgehead atoms. The van der Waals surface area contributed by atoms with Crippen LogP contribution in [0.25, 0.3) is 0 Å². The van der Waals surface area contributed by atoms with Crippen LogP contribution in [0.1, 0.15) is 24.8 Å². The number of urea groups is 1. The first-order valence-corrected chi connectivity index (χ1v) is 11.5. The SMILES string of the molecule is O=C(N[C@H]1CO[C@H]2[C@@H]1OC[C@@H]2Oc1ccc(F)cc1)N[C@H]1CCC[C@@H]1OCc1ccccc1. The van der Waals surface area contributed by atoms with Crippen LogP contribution in [0.15, 0.2) is 54.6 Å². The van der Waals surface area contributed by atoms with E-state index in [0.29, 0.717) is 25.6 Å². The monoisotopic (exact) mass is 456 g/mol. The number of rotatable bonds is 7. The molecular formula is C25H29FN2O5. The molecule has 2 N–H and O–H groups in total. The van der Waals surface area contributed by atoms with Crippen molar-refractivity contribution in [1.29, 1.82) is 0 Å². The lowest BCUT2D eigenvalue weighted by atomic mass is 10.1. The second-order valence-corrected chi connectivity index (χ2v) is 8.80. The van der Waals surface area contributed by atoms with Gasteiger partial charge in [-0.05, 0) is 49.1 Å². The zero-order chi connectivity index (χ0) is 22.6. The van der Waals surface area contributed by atoms with Gasteiger partial charge < -0.3 is 29.6 Å². The Hall–Kier alpha value is -2.68. The second-order valence-electron chi connectivity index (χ2n) is 8.80. The molecule has 2 saturated heterocycles. The van der Waals surface area contributed by atoms with Crippen molar-refractivity contribution in [3.05, 3.63) is 66.0 Å². The maximum Gasteiger partial charge on any atom is 0.315 e. The molecule has 176 valence electrons. The van der Waals surface area contributed by atoms with Gasteiger partial charge in [-0.15, -0.1) is 0 Å². The minimum absolute atomic E-state index is 0.000229. The summed E-state index contributed by atoms with van der Waals surface area (Å²) in [6, 6.07) is 15.4. The van der Waals surface area contributed by atoms with Crippen LogP contribution in [0, 0.1) is 5.82 Å². The summed E-state index contributed by atoms with van der Waals surface area (Å²) in [4.78, 5) is 12.7. The number of benzene rings is 2. The molecule has 2 heterocycles. The molecule has 0 radical (unpaired) electrons. The number of fused-ring (bicyclic) bond motifs is 1. The predicted octanol–water partition coefficient (Wildman–Crippen LogP) is 3.18. The molecule has 0 aromatic heterocycles. The van der Waals surface area contributed by atoms with Gasteiger partial charge in [0.15, 0.2) is 6.10 Å². The Kier molecular flexibility index (Phi) is 6.75. The van der Waals surface area contributed by atoms with Gasteiger partial charge in [0, 0.05) is 0 Å². The molecule has 2 aliphatic heterocycles.